The molecule has 2 heterocycles. The molecule has 3 aromatic rings. The summed E-state index contributed by atoms with van der Waals surface area (Å²) in [6, 6.07) is 18.4. The van der Waals surface area contributed by atoms with Crippen molar-refractivity contribution in [3.05, 3.63) is 121 Å². The fourth-order valence-corrected chi connectivity index (χ4v) is 4.96. The summed E-state index contributed by atoms with van der Waals surface area (Å²) in [4.78, 5) is 52.1. The fraction of sp³-hybridized carbons (Fsp3) is 0.250. The van der Waals surface area contributed by atoms with Gasteiger partial charge in [-0.3, -0.25) is 34.7 Å². The van der Waals surface area contributed by atoms with Gasteiger partial charge in [-0.15, -0.1) is 12.4 Å². The maximum absolute atomic E-state index is 13.6. The third kappa shape index (κ3) is 8.60. The minimum Gasteiger partial charge on any atom is -0.492 e. The van der Waals surface area contributed by atoms with E-state index in [9.17, 15) is 29.8 Å². The number of hydrogen-bond acceptors (Lipinski definition) is 9. The molecular formula is C32H31ClN4O8. The van der Waals surface area contributed by atoms with E-state index in [-0.39, 0.29) is 48.6 Å². The van der Waals surface area contributed by atoms with E-state index in [1.807, 2.05) is 0 Å². The van der Waals surface area contributed by atoms with E-state index in [4.69, 9.17) is 9.47 Å². The molecule has 3 aromatic carbocycles. The average Bonchev–Trinajstić information content (AvgIpc) is 3.04. The molecule has 0 saturated carbocycles. The highest BCUT2D eigenvalue weighted by molar-refractivity contribution is 6.16. The Morgan fingerprint density at radius 3 is 1.76 bits per heavy atom. The summed E-state index contributed by atoms with van der Waals surface area (Å²) in [6.45, 7) is 4.53. The first-order valence-electron chi connectivity index (χ1n) is 14.0. The van der Waals surface area contributed by atoms with Crippen LogP contribution in [0.2, 0.25) is 0 Å². The van der Waals surface area contributed by atoms with Crippen molar-refractivity contribution in [2.24, 2.45) is 0 Å². The zero-order chi connectivity index (χ0) is 31.1. The lowest BCUT2D eigenvalue weighted by atomic mass is 9.93. The van der Waals surface area contributed by atoms with Gasteiger partial charge in [-0.1, -0.05) is 0 Å². The first-order chi connectivity index (χ1) is 21.3. The van der Waals surface area contributed by atoms with Gasteiger partial charge >= 0.3 is 0 Å². The second-order valence-electron chi connectivity index (χ2n) is 10.4. The number of halogens is 1. The van der Waals surface area contributed by atoms with E-state index < -0.39 is 9.85 Å². The highest BCUT2D eigenvalue weighted by Gasteiger charge is 2.30. The maximum Gasteiger partial charge on any atom is 0.269 e. The third-order valence-corrected chi connectivity index (χ3v) is 7.36. The Kier molecular flexibility index (Phi) is 11.1. The summed E-state index contributed by atoms with van der Waals surface area (Å²) in [5, 5.41) is 22.1. The number of Topliss-reactive ketones (excluding diaryl/α,β-unsaturated/α-hetero) is 1. The molecule has 0 aromatic heterocycles. The molecule has 12 nitrogen and oxygen atoms in total. The molecule has 5 rings (SSSR count). The van der Waals surface area contributed by atoms with E-state index in [1.165, 1.54) is 48.5 Å². The van der Waals surface area contributed by atoms with Crippen LogP contribution in [0.25, 0.3) is 12.2 Å². The number of benzene rings is 3. The number of hydrogen-bond donors (Lipinski definition) is 0. The van der Waals surface area contributed by atoms with Crippen LogP contribution in [-0.2, 0) is 9.53 Å². The monoisotopic (exact) mass is 634 g/mol. The zero-order valence-corrected chi connectivity index (χ0v) is 25.0. The lowest BCUT2D eigenvalue weighted by Gasteiger charge is -2.30. The number of ether oxygens (including phenoxy) is 2. The van der Waals surface area contributed by atoms with Crippen LogP contribution in [0.3, 0.4) is 0 Å². The molecule has 45 heavy (non-hydrogen) atoms. The van der Waals surface area contributed by atoms with Crippen LogP contribution in [-0.4, -0.2) is 83.9 Å². The minimum atomic E-state index is -0.505. The molecule has 13 heteroatoms. The third-order valence-electron chi connectivity index (χ3n) is 7.36. The molecule has 0 N–H and O–H groups in total. The Hall–Kier alpha value is -4.91. The van der Waals surface area contributed by atoms with Crippen LogP contribution >= 0.6 is 12.4 Å². The van der Waals surface area contributed by atoms with Crippen molar-refractivity contribution in [3.63, 3.8) is 0 Å². The number of nitro benzene ring substituents is 2. The van der Waals surface area contributed by atoms with Gasteiger partial charge < -0.3 is 14.4 Å². The van der Waals surface area contributed by atoms with Crippen LogP contribution < -0.4 is 4.74 Å². The van der Waals surface area contributed by atoms with Gasteiger partial charge in [-0.2, -0.15) is 0 Å². The first-order valence-corrected chi connectivity index (χ1v) is 14.0. The number of carbonyl (C=O) groups is 2. The van der Waals surface area contributed by atoms with Crippen molar-refractivity contribution in [1.29, 1.82) is 0 Å². The number of amides is 1. The molecule has 2 aliphatic rings. The zero-order valence-electron chi connectivity index (χ0n) is 24.2. The highest BCUT2D eigenvalue weighted by atomic mass is 35.5. The Balaban J connectivity index is 0.00000461. The molecule has 0 bridgehead atoms. The van der Waals surface area contributed by atoms with Gasteiger partial charge in [0.05, 0.1) is 36.1 Å². The van der Waals surface area contributed by atoms with Crippen molar-refractivity contribution in [1.82, 2.24) is 9.80 Å². The standard InChI is InChI=1S/C32H30N4O8.ClH/c37-31-26(19-23-1-7-28(8-2-23)35(39)40)21-34(22-27(31)20-24-3-9-29(10-4-24)36(41)42)32(38)25-5-11-30(12-6-25)44-18-15-33-13-16-43-17-14-33;/h1-12,19-20H,13-18,21-22H2;1H. The Morgan fingerprint density at radius 2 is 1.29 bits per heavy atom. The molecule has 1 amide bonds. The molecular weight excluding hydrogens is 604 g/mol. The Bertz CT molecular complexity index is 1520. The number of non-ortho nitro benzene ring substituents is 2. The van der Waals surface area contributed by atoms with Gasteiger partial charge in [0.2, 0.25) is 0 Å². The van der Waals surface area contributed by atoms with E-state index in [0.29, 0.717) is 53.4 Å². The summed E-state index contributed by atoms with van der Waals surface area (Å²) < 4.78 is 11.2. The van der Waals surface area contributed by atoms with Crippen LogP contribution in [0.4, 0.5) is 11.4 Å². The van der Waals surface area contributed by atoms with E-state index >= 15 is 0 Å². The van der Waals surface area contributed by atoms with Crippen molar-refractivity contribution in [3.8, 4) is 5.75 Å². The number of ketones is 1. The predicted molar refractivity (Wildman–Crippen MR) is 170 cm³/mol. The van der Waals surface area contributed by atoms with E-state index in [1.54, 1.807) is 41.3 Å². The molecule has 0 atom stereocenters. The van der Waals surface area contributed by atoms with Gasteiger partial charge in [-0.25, -0.2) is 0 Å². The van der Waals surface area contributed by atoms with Crippen LogP contribution in [0.5, 0.6) is 5.75 Å². The molecule has 0 spiro atoms. The number of piperidine rings is 1. The van der Waals surface area contributed by atoms with Crippen molar-refractivity contribution < 1.29 is 28.9 Å². The first kappa shape index (κ1) is 33.0. The highest BCUT2D eigenvalue weighted by Crippen LogP contribution is 2.25. The van der Waals surface area contributed by atoms with E-state index in [0.717, 1.165) is 19.6 Å². The number of rotatable bonds is 9. The number of nitrogens with zero attached hydrogens (tertiary/aromatic N) is 4. The Morgan fingerprint density at radius 1 is 0.800 bits per heavy atom. The lowest BCUT2D eigenvalue weighted by Crippen LogP contribution is -2.41. The van der Waals surface area contributed by atoms with Gasteiger partial charge in [0, 0.05) is 60.6 Å². The van der Waals surface area contributed by atoms with Crippen LogP contribution in [0, 0.1) is 20.2 Å². The molecule has 234 valence electrons. The average molecular weight is 635 g/mol. The normalized spacial score (nSPS) is 17.2. The van der Waals surface area contributed by atoms with Gasteiger partial charge in [0.1, 0.15) is 12.4 Å². The number of carbonyl (C=O) groups excluding carboxylic acids is 2. The minimum absolute atomic E-state index is 0. The van der Waals surface area contributed by atoms with Crippen molar-refractivity contribution >= 4 is 47.6 Å². The number of likely N-dealkylation sites (tertiary alicyclic amines) is 1. The predicted octanol–water partition coefficient (Wildman–Crippen LogP) is 4.83. The second-order valence-corrected chi connectivity index (χ2v) is 10.4. The van der Waals surface area contributed by atoms with Gasteiger partial charge in [-0.05, 0) is 71.8 Å². The SMILES string of the molecule is Cl.O=C1C(=Cc2ccc([N+](=O)[O-])cc2)CN(C(=O)c2ccc(OCCN3CCOCC3)cc2)CC1=Cc1ccc([N+](=O)[O-])cc1. The molecule has 2 fully saturated rings. The molecule has 0 radical (unpaired) electrons. The fourth-order valence-electron chi connectivity index (χ4n) is 4.96. The second kappa shape index (κ2) is 15.2. The molecule has 2 aliphatic heterocycles. The Labute approximate surface area is 265 Å². The van der Waals surface area contributed by atoms with Crippen LogP contribution in [0.15, 0.2) is 83.9 Å². The van der Waals surface area contributed by atoms with Gasteiger partial charge in [0.15, 0.2) is 5.78 Å². The summed E-state index contributed by atoms with van der Waals surface area (Å²) in [7, 11) is 0. The van der Waals surface area contributed by atoms with Crippen molar-refractivity contribution in [2.75, 3.05) is 52.5 Å². The topological polar surface area (TPSA) is 145 Å². The smallest absolute Gasteiger partial charge is 0.269 e. The summed E-state index contributed by atoms with van der Waals surface area (Å²) in [5.74, 6) is 0.0671. The van der Waals surface area contributed by atoms with Crippen LogP contribution in [0.1, 0.15) is 21.5 Å². The molecule has 0 unspecified atom stereocenters. The lowest BCUT2D eigenvalue weighted by molar-refractivity contribution is -0.385. The summed E-state index contributed by atoms with van der Waals surface area (Å²) in [5.41, 5.74) is 2.06. The maximum atomic E-state index is 13.6. The van der Waals surface area contributed by atoms with Crippen molar-refractivity contribution in [2.45, 2.75) is 0 Å². The summed E-state index contributed by atoms with van der Waals surface area (Å²) in [6.07, 6.45) is 3.22. The van der Waals surface area contributed by atoms with Gasteiger partial charge in [0.25, 0.3) is 17.3 Å². The quantitative estimate of drug-likeness (QED) is 0.183. The molecule has 0 aliphatic carbocycles. The largest absolute Gasteiger partial charge is 0.492 e. The number of morpholine rings is 1. The summed E-state index contributed by atoms with van der Waals surface area (Å²) >= 11 is 0. The van der Waals surface area contributed by atoms with E-state index in [2.05, 4.69) is 4.90 Å². The number of nitro groups is 2. The molecule has 2 saturated heterocycles.